The lowest BCUT2D eigenvalue weighted by Crippen LogP contribution is -2.25. The molecule has 0 unspecified atom stereocenters. The van der Waals surface area contributed by atoms with Crippen molar-refractivity contribution in [2.45, 2.75) is 26.7 Å². The maximum atomic E-state index is 11.3. The van der Waals surface area contributed by atoms with Crippen molar-refractivity contribution in [2.24, 2.45) is 0 Å². The highest BCUT2D eigenvalue weighted by molar-refractivity contribution is 5.93. The molecule has 198 valence electrons. The number of allylic oxidation sites excluding steroid dienone is 1. The lowest BCUT2D eigenvalue weighted by atomic mass is 10.1. The van der Waals surface area contributed by atoms with Crippen LogP contribution >= 0.6 is 0 Å². The fourth-order valence-corrected chi connectivity index (χ4v) is 4.52. The van der Waals surface area contributed by atoms with Crippen molar-refractivity contribution in [1.82, 2.24) is 19.9 Å². The molecule has 0 bridgehead atoms. The van der Waals surface area contributed by atoms with Crippen LogP contribution in [-0.4, -0.2) is 37.9 Å². The van der Waals surface area contributed by atoms with Gasteiger partial charge in [0.1, 0.15) is 5.69 Å². The van der Waals surface area contributed by atoms with Crippen molar-refractivity contribution in [2.75, 3.05) is 33.5 Å². The Morgan fingerprint density at radius 2 is 1.51 bits per heavy atom. The van der Waals surface area contributed by atoms with E-state index in [4.69, 9.17) is 0 Å². The van der Waals surface area contributed by atoms with Crippen LogP contribution in [0.1, 0.15) is 26.7 Å². The molecule has 39 heavy (non-hydrogen) atoms. The van der Waals surface area contributed by atoms with Gasteiger partial charge >= 0.3 is 0 Å². The van der Waals surface area contributed by atoms with Crippen molar-refractivity contribution in [3.05, 3.63) is 89.5 Å². The molecule has 0 spiro atoms. The molecule has 2 aliphatic heterocycles. The molecule has 2 aliphatic rings. The molecule has 6 rings (SSSR count). The molecule has 0 saturated carbocycles. The number of anilines is 8. The summed E-state index contributed by atoms with van der Waals surface area (Å²) in [6.45, 7) is 5.56. The van der Waals surface area contributed by atoms with Crippen molar-refractivity contribution in [1.29, 1.82) is 0 Å². The van der Waals surface area contributed by atoms with Crippen LogP contribution in [0.25, 0.3) is 0 Å². The fourth-order valence-electron chi connectivity index (χ4n) is 4.52. The van der Waals surface area contributed by atoms with Gasteiger partial charge < -0.3 is 20.4 Å². The van der Waals surface area contributed by atoms with Crippen LogP contribution in [-0.2, 0) is 0 Å². The Labute approximate surface area is 226 Å². The number of aromatic nitrogens is 4. The Hall–Kier alpha value is -5.06. The minimum Gasteiger partial charge on any atom is -0.335 e. The van der Waals surface area contributed by atoms with E-state index < -0.39 is 0 Å². The van der Waals surface area contributed by atoms with Crippen molar-refractivity contribution in [3.8, 4) is 0 Å². The average Bonchev–Trinajstić information content (AvgIpc) is 2.97. The summed E-state index contributed by atoms with van der Waals surface area (Å²) in [4.78, 5) is 32.3. The van der Waals surface area contributed by atoms with Gasteiger partial charge in [0.15, 0.2) is 23.3 Å². The van der Waals surface area contributed by atoms with Crippen LogP contribution < -0.4 is 20.4 Å². The highest BCUT2D eigenvalue weighted by atomic mass is 16.6. The molecule has 0 fully saturated rings. The summed E-state index contributed by atoms with van der Waals surface area (Å²) in [6.07, 6.45) is 12.7. The summed E-state index contributed by atoms with van der Waals surface area (Å²) in [5, 5.41) is 17.7. The number of hydrogen-bond donors (Lipinski definition) is 2. The molecule has 11 nitrogen and oxygen atoms in total. The van der Waals surface area contributed by atoms with Gasteiger partial charge in [-0.25, -0.2) is 19.9 Å². The molecule has 0 aliphatic carbocycles. The van der Waals surface area contributed by atoms with Crippen LogP contribution in [0.3, 0.4) is 0 Å². The summed E-state index contributed by atoms with van der Waals surface area (Å²) < 4.78 is 0. The lowest BCUT2D eigenvalue weighted by Gasteiger charge is -2.31. The second-order valence-corrected chi connectivity index (χ2v) is 8.84. The normalized spacial score (nSPS) is 12.7. The summed E-state index contributed by atoms with van der Waals surface area (Å²) in [5.74, 6) is 2.93. The number of unbranched alkanes of at least 4 members (excludes halogenated alkanes) is 1. The maximum Gasteiger partial charge on any atom is 0.295 e. The summed E-state index contributed by atoms with van der Waals surface area (Å²) in [7, 11) is 0. The molecule has 0 atom stereocenters. The zero-order chi connectivity index (χ0) is 27.2. The van der Waals surface area contributed by atoms with Gasteiger partial charge in [-0.2, -0.15) is 0 Å². The molecular weight excluding hydrogens is 494 g/mol. The van der Waals surface area contributed by atoms with E-state index in [1.54, 1.807) is 41.8 Å². The number of nitro groups is 1. The first kappa shape index (κ1) is 25.6. The number of fused-ring (bicyclic) bond motifs is 4. The quantitative estimate of drug-likeness (QED) is 0.162. The van der Waals surface area contributed by atoms with E-state index in [-0.39, 0.29) is 10.6 Å². The Morgan fingerprint density at radius 1 is 0.872 bits per heavy atom. The third kappa shape index (κ3) is 5.19. The van der Waals surface area contributed by atoms with Gasteiger partial charge in [-0.05, 0) is 31.5 Å². The third-order valence-electron chi connectivity index (χ3n) is 6.31. The van der Waals surface area contributed by atoms with Crippen LogP contribution in [0.4, 0.5) is 51.7 Å². The van der Waals surface area contributed by atoms with E-state index in [0.717, 1.165) is 30.3 Å². The molecular formula is C28H29N9O2. The summed E-state index contributed by atoms with van der Waals surface area (Å²) >= 11 is 0. The van der Waals surface area contributed by atoms with Gasteiger partial charge in [-0.15, -0.1) is 0 Å². The first-order chi connectivity index (χ1) is 19.1. The topological polar surface area (TPSA) is 125 Å². The largest absolute Gasteiger partial charge is 0.335 e. The maximum absolute atomic E-state index is 11.3. The Morgan fingerprint density at radius 3 is 2.21 bits per heavy atom. The highest BCUT2D eigenvalue weighted by Crippen LogP contribution is 2.46. The molecule has 4 aromatic rings. The Kier molecular flexibility index (Phi) is 7.58. The highest BCUT2D eigenvalue weighted by Gasteiger charge is 2.30. The van der Waals surface area contributed by atoms with Crippen molar-refractivity contribution < 1.29 is 4.92 Å². The third-order valence-corrected chi connectivity index (χ3v) is 6.31. The smallest absolute Gasteiger partial charge is 0.295 e. The molecule has 2 aromatic heterocycles. The number of benzene rings is 2. The standard InChI is InChI=1S/C14H13N5O2.C14H16N4/c1-2-3-9-18-12-10(5-4-6-11(12)19(20)21)17-13-14(18)16-8-7-15-13;1-2-3-10-18-12-7-5-4-6-11(12)17-13-14(18)16-9-8-15-13/h2-8H,9H2,1H3,(H,15,17);4-9H,2-3,10H2,1H3,(H,15,17)/b3-2+;. The number of para-hydroxylation sites is 3. The molecule has 4 heterocycles. The number of nitrogens with zero attached hydrogens (tertiary/aromatic N) is 7. The van der Waals surface area contributed by atoms with Gasteiger partial charge in [0.25, 0.3) is 5.69 Å². The average molecular weight is 524 g/mol. The fraction of sp³-hybridized carbons (Fsp3) is 0.214. The lowest BCUT2D eigenvalue weighted by molar-refractivity contribution is -0.384. The van der Waals surface area contributed by atoms with Crippen molar-refractivity contribution in [3.63, 3.8) is 0 Å². The minimum absolute atomic E-state index is 0.0424. The number of nitro benzene ring substituents is 1. The van der Waals surface area contributed by atoms with Crippen LogP contribution in [0.2, 0.25) is 0 Å². The second-order valence-electron chi connectivity index (χ2n) is 8.84. The predicted octanol–water partition coefficient (Wildman–Crippen LogP) is 6.63. The SMILES string of the molecule is C/C=C/CN1c2nccnc2Nc2cccc([N+](=O)[O-])c21.CCCCN1c2ccccc2Nc2nccnc21. The van der Waals surface area contributed by atoms with Gasteiger partial charge in [-0.3, -0.25) is 10.1 Å². The van der Waals surface area contributed by atoms with Gasteiger partial charge in [0.05, 0.1) is 22.0 Å². The monoisotopic (exact) mass is 523 g/mol. The molecule has 0 saturated heterocycles. The van der Waals surface area contributed by atoms with E-state index >= 15 is 0 Å². The first-order valence-electron chi connectivity index (χ1n) is 12.8. The molecule has 2 N–H and O–H groups in total. The first-order valence-corrected chi connectivity index (χ1v) is 12.8. The van der Waals surface area contributed by atoms with Crippen LogP contribution in [0.15, 0.2) is 79.4 Å². The Bertz CT molecular complexity index is 1460. The van der Waals surface area contributed by atoms with E-state index in [0.29, 0.717) is 29.6 Å². The zero-order valence-corrected chi connectivity index (χ0v) is 21.8. The molecule has 11 heteroatoms. The number of hydrogen-bond acceptors (Lipinski definition) is 10. The van der Waals surface area contributed by atoms with Crippen LogP contribution in [0, 0.1) is 10.1 Å². The number of nitrogens with one attached hydrogen (secondary N) is 2. The van der Waals surface area contributed by atoms with Crippen molar-refractivity contribution >= 4 is 51.7 Å². The summed E-state index contributed by atoms with van der Waals surface area (Å²) in [6, 6.07) is 13.2. The molecule has 0 radical (unpaired) electrons. The van der Waals surface area contributed by atoms with Gasteiger partial charge in [0.2, 0.25) is 0 Å². The summed E-state index contributed by atoms with van der Waals surface area (Å²) in [5.41, 5.74) is 3.48. The van der Waals surface area contributed by atoms with Gasteiger partial charge in [0, 0.05) is 43.9 Å². The molecule has 2 aromatic carbocycles. The minimum atomic E-state index is -0.384. The van der Waals surface area contributed by atoms with Crippen LogP contribution in [0.5, 0.6) is 0 Å². The van der Waals surface area contributed by atoms with E-state index in [9.17, 15) is 10.1 Å². The van der Waals surface area contributed by atoms with E-state index in [1.807, 2.05) is 25.1 Å². The predicted molar refractivity (Wildman–Crippen MR) is 154 cm³/mol. The van der Waals surface area contributed by atoms with E-state index in [2.05, 4.69) is 60.6 Å². The van der Waals surface area contributed by atoms with E-state index in [1.165, 1.54) is 18.2 Å². The zero-order valence-electron chi connectivity index (χ0n) is 21.8. The number of rotatable bonds is 6. The second kappa shape index (κ2) is 11.5. The Balaban J connectivity index is 0.000000160. The molecule has 0 amide bonds. The van der Waals surface area contributed by atoms with Gasteiger partial charge in [-0.1, -0.05) is 43.7 Å².